The molecule has 0 amide bonds. The van der Waals surface area contributed by atoms with Gasteiger partial charge in [-0.2, -0.15) is 0 Å². The first-order chi connectivity index (χ1) is 7.49. The van der Waals surface area contributed by atoms with Crippen LogP contribution in [0, 0.1) is 0 Å². The lowest BCUT2D eigenvalue weighted by Crippen LogP contribution is -2.03. The van der Waals surface area contributed by atoms with Crippen molar-refractivity contribution < 1.29 is 0 Å². The molecule has 0 saturated heterocycles. The number of hydrogen-bond acceptors (Lipinski definition) is 1. The number of nitrogens with two attached hydrogens (primary N) is 1. The van der Waals surface area contributed by atoms with Gasteiger partial charge in [0, 0.05) is 0 Å². The van der Waals surface area contributed by atoms with E-state index in [2.05, 4.69) is 0 Å². The molecule has 0 heterocycles. The van der Waals surface area contributed by atoms with Gasteiger partial charge in [0.2, 0.25) is 0 Å². The molecule has 1 atom stereocenters. The molecule has 0 saturated carbocycles. The van der Waals surface area contributed by atoms with E-state index in [-0.39, 0.29) is 5.92 Å². The van der Waals surface area contributed by atoms with Crippen molar-refractivity contribution in [3.8, 4) is 0 Å². The third-order valence-electron chi connectivity index (χ3n) is 2.48. The summed E-state index contributed by atoms with van der Waals surface area (Å²) in [7, 11) is 0. The van der Waals surface area contributed by atoms with Crippen LogP contribution in [0.3, 0.4) is 0 Å². The number of benzene rings is 1. The second-order valence-corrected chi connectivity index (χ2v) is 5.28. The van der Waals surface area contributed by atoms with E-state index < -0.39 is 0 Å². The zero-order valence-electron chi connectivity index (χ0n) is 8.87. The van der Waals surface area contributed by atoms with Crippen LogP contribution >= 0.6 is 46.4 Å². The van der Waals surface area contributed by atoms with Crippen LogP contribution in [-0.4, -0.2) is 6.54 Å². The summed E-state index contributed by atoms with van der Waals surface area (Å²) in [5, 5.41) is 1.84. The maximum atomic E-state index is 6.14. The standard InChI is InChI=1S/C11H13Cl4N/c1-6(3-2-4-16)9-10(14)7(12)5-8(13)11(9)15/h5-6H,2-4,16H2,1H3. The van der Waals surface area contributed by atoms with Gasteiger partial charge in [-0.25, -0.2) is 0 Å². The molecule has 1 aromatic rings. The van der Waals surface area contributed by atoms with Crippen molar-refractivity contribution in [1.29, 1.82) is 0 Å². The van der Waals surface area contributed by atoms with E-state index >= 15 is 0 Å². The fraction of sp³-hybridized carbons (Fsp3) is 0.455. The minimum atomic E-state index is 0.194. The van der Waals surface area contributed by atoms with Crippen LogP contribution in [0.1, 0.15) is 31.2 Å². The molecular formula is C11H13Cl4N. The summed E-state index contributed by atoms with van der Waals surface area (Å²) in [6, 6.07) is 1.56. The Kier molecular flexibility index (Phi) is 5.69. The van der Waals surface area contributed by atoms with Crippen molar-refractivity contribution in [2.45, 2.75) is 25.7 Å². The molecule has 0 bridgehead atoms. The highest BCUT2D eigenvalue weighted by atomic mass is 35.5. The minimum Gasteiger partial charge on any atom is -0.330 e. The van der Waals surface area contributed by atoms with Gasteiger partial charge in [0.25, 0.3) is 0 Å². The van der Waals surface area contributed by atoms with Crippen LogP contribution in [0.15, 0.2) is 6.07 Å². The Morgan fingerprint density at radius 2 is 1.62 bits per heavy atom. The van der Waals surface area contributed by atoms with Crippen LogP contribution in [0.2, 0.25) is 20.1 Å². The smallest absolute Gasteiger partial charge is 0.0642 e. The molecule has 0 aliphatic heterocycles. The second kappa shape index (κ2) is 6.32. The van der Waals surface area contributed by atoms with E-state index in [0.29, 0.717) is 26.6 Å². The van der Waals surface area contributed by atoms with Gasteiger partial charge in [-0.05, 0) is 36.9 Å². The lowest BCUT2D eigenvalue weighted by Gasteiger charge is -2.16. The maximum Gasteiger partial charge on any atom is 0.0642 e. The van der Waals surface area contributed by atoms with E-state index in [9.17, 15) is 0 Å². The lowest BCUT2D eigenvalue weighted by molar-refractivity contribution is 0.641. The van der Waals surface area contributed by atoms with E-state index in [1.54, 1.807) is 6.07 Å². The van der Waals surface area contributed by atoms with Crippen molar-refractivity contribution >= 4 is 46.4 Å². The van der Waals surface area contributed by atoms with Gasteiger partial charge in [-0.3, -0.25) is 0 Å². The fourth-order valence-electron chi connectivity index (χ4n) is 1.59. The highest BCUT2D eigenvalue weighted by molar-refractivity contribution is 6.48. The highest BCUT2D eigenvalue weighted by Gasteiger charge is 2.18. The molecule has 1 unspecified atom stereocenters. The summed E-state index contributed by atoms with van der Waals surface area (Å²) >= 11 is 24.2. The predicted molar refractivity (Wildman–Crippen MR) is 73.2 cm³/mol. The van der Waals surface area contributed by atoms with E-state index in [1.807, 2.05) is 6.92 Å². The summed E-state index contributed by atoms with van der Waals surface area (Å²) < 4.78 is 0. The molecule has 0 aliphatic carbocycles. The molecule has 16 heavy (non-hydrogen) atoms. The maximum absolute atomic E-state index is 6.14. The van der Waals surface area contributed by atoms with Crippen molar-refractivity contribution in [1.82, 2.24) is 0 Å². The van der Waals surface area contributed by atoms with Crippen molar-refractivity contribution in [3.63, 3.8) is 0 Å². The summed E-state index contributed by atoms with van der Waals surface area (Å²) in [6.07, 6.45) is 1.82. The SMILES string of the molecule is CC(CCCN)c1c(Cl)c(Cl)cc(Cl)c1Cl. The van der Waals surface area contributed by atoms with Gasteiger partial charge >= 0.3 is 0 Å². The van der Waals surface area contributed by atoms with Crippen molar-refractivity contribution in [2.24, 2.45) is 5.73 Å². The molecule has 2 N–H and O–H groups in total. The Bertz CT molecular complexity index is 352. The monoisotopic (exact) mass is 299 g/mol. The molecule has 1 rings (SSSR count). The molecule has 0 aromatic heterocycles. The van der Waals surface area contributed by atoms with Crippen LogP contribution in [0.25, 0.3) is 0 Å². The third kappa shape index (κ3) is 3.18. The minimum absolute atomic E-state index is 0.194. The Labute approximate surface area is 116 Å². The van der Waals surface area contributed by atoms with Crippen molar-refractivity contribution in [2.75, 3.05) is 6.54 Å². The number of rotatable bonds is 4. The van der Waals surface area contributed by atoms with Gasteiger partial charge in [0.05, 0.1) is 20.1 Å². The first kappa shape index (κ1) is 14.4. The average molecular weight is 301 g/mol. The van der Waals surface area contributed by atoms with Gasteiger partial charge < -0.3 is 5.73 Å². The molecule has 0 fully saturated rings. The molecule has 5 heteroatoms. The second-order valence-electron chi connectivity index (χ2n) is 3.71. The van der Waals surface area contributed by atoms with E-state index in [4.69, 9.17) is 52.1 Å². The van der Waals surface area contributed by atoms with Gasteiger partial charge in [0.15, 0.2) is 0 Å². The molecule has 0 aliphatic rings. The fourth-order valence-corrected chi connectivity index (χ4v) is 2.79. The van der Waals surface area contributed by atoms with Gasteiger partial charge in [0.1, 0.15) is 0 Å². The average Bonchev–Trinajstić information content (AvgIpc) is 2.24. The lowest BCUT2D eigenvalue weighted by atomic mass is 9.96. The molecule has 90 valence electrons. The number of halogens is 4. The van der Waals surface area contributed by atoms with Crippen LogP contribution in [-0.2, 0) is 0 Å². The van der Waals surface area contributed by atoms with Crippen molar-refractivity contribution in [3.05, 3.63) is 31.7 Å². The van der Waals surface area contributed by atoms with Crippen LogP contribution in [0.5, 0.6) is 0 Å². The number of hydrogen-bond donors (Lipinski definition) is 1. The van der Waals surface area contributed by atoms with Crippen LogP contribution < -0.4 is 5.73 Å². The molecule has 0 radical (unpaired) electrons. The first-order valence-corrected chi connectivity index (χ1v) is 6.53. The summed E-state index contributed by atoms with van der Waals surface area (Å²) in [5.41, 5.74) is 6.29. The summed E-state index contributed by atoms with van der Waals surface area (Å²) in [4.78, 5) is 0. The molecule has 1 nitrogen and oxygen atoms in total. The van der Waals surface area contributed by atoms with E-state index in [0.717, 1.165) is 18.4 Å². The van der Waals surface area contributed by atoms with Gasteiger partial charge in [-0.15, -0.1) is 0 Å². The summed E-state index contributed by atoms with van der Waals surface area (Å²) in [6.45, 7) is 2.68. The van der Waals surface area contributed by atoms with Crippen LogP contribution in [0.4, 0.5) is 0 Å². The summed E-state index contributed by atoms with van der Waals surface area (Å²) in [5.74, 6) is 0.194. The molecular weight excluding hydrogens is 288 g/mol. The third-order valence-corrected chi connectivity index (χ3v) is 4.08. The highest BCUT2D eigenvalue weighted by Crippen LogP contribution is 2.42. The Morgan fingerprint density at radius 3 is 2.06 bits per heavy atom. The zero-order chi connectivity index (χ0) is 12.3. The molecule has 1 aromatic carbocycles. The first-order valence-electron chi connectivity index (χ1n) is 5.02. The van der Waals surface area contributed by atoms with Gasteiger partial charge in [-0.1, -0.05) is 53.3 Å². The Hall–Kier alpha value is 0.340. The topological polar surface area (TPSA) is 26.0 Å². The normalized spacial score (nSPS) is 12.9. The zero-order valence-corrected chi connectivity index (χ0v) is 11.9. The molecule has 0 spiro atoms. The Balaban J connectivity index is 3.11. The quantitative estimate of drug-likeness (QED) is 0.765. The Morgan fingerprint density at radius 1 is 1.12 bits per heavy atom. The predicted octanol–water partition coefficient (Wildman–Crippen LogP) is 5.14. The van der Waals surface area contributed by atoms with E-state index in [1.165, 1.54) is 0 Å². The largest absolute Gasteiger partial charge is 0.330 e.